The molecule has 0 aliphatic carbocycles. The molecule has 1 heterocycles. The molecule has 0 spiro atoms. The van der Waals surface area contributed by atoms with Crippen LogP contribution in [0.15, 0.2) is 0 Å². The summed E-state index contributed by atoms with van der Waals surface area (Å²) in [7, 11) is 0. The molecule has 3 N–H and O–H groups in total. The minimum absolute atomic E-state index is 0.0889. The quantitative estimate of drug-likeness (QED) is 0.694. The molecule has 0 fully saturated rings. The number of amides is 2. The van der Waals surface area contributed by atoms with Crippen LogP contribution in [0, 0.1) is 13.8 Å². The van der Waals surface area contributed by atoms with E-state index in [1.807, 2.05) is 6.92 Å². The number of rotatable bonds is 6. The van der Waals surface area contributed by atoms with E-state index in [1.165, 1.54) is 6.92 Å². The van der Waals surface area contributed by atoms with Gasteiger partial charge in [0.05, 0.1) is 0 Å². The number of aromatic nitrogens is 1. The summed E-state index contributed by atoms with van der Waals surface area (Å²) >= 11 is 0. The number of carbonyl (C=O) groups is 3. The van der Waals surface area contributed by atoms with E-state index in [2.05, 4.69) is 15.6 Å². The standard InChI is InChI=1S/C15H23N3O3/c1-6-7-16-14(20)10(4)18-15(21)13-8(2)12(11(5)19)9(3)17-13/h10,17H,6-7H2,1-5H3,(H,16,20)(H,18,21)/t10-/m1/s1. The fourth-order valence-electron chi connectivity index (χ4n) is 2.24. The summed E-state index contributed by atoms with van der Waals surface area (Å²) in [5.41, 5.74) is 2.13. The summed E-state index contributed by atoms with van der Waals surface area (Å²) in [5, 5.41) is 5.35. The normalized spacial score (nSPS) is 11.9. The molecule has 0 unspecified atom stereocenters. The molecule has 0 aliphatic rings. The Morgan fingerprint density at radius 3 is 2.33 bits per heavy atom. The minimum atomic E-state index is -0.632. The number of Topliss-reactive ketones (excluding diaryl/α,β-unsaturated/α-hetero) is 1. The van der Waals surface area contributed by atoms with Gasteiger partial charge in [-0.2, -0.15) is 0 Å². The van der Waals surface area contributed by atoms with Crippen LogP contribution in [0.2, 0.25) is 0 Å². The van der Waals surface area contributed by atoms with Crippen molar-refractivity contribution in [1.29, 1.82) is 0 Å². The van der Waals surface area contributed by atoms with Crippen LogP contribution in [0.25, 0.3) is 0 Å². The number of nitrogens with one attached hydrogen (secondary N) is 3. The average molecular weight is 293 g/mol. The Hall–Kier alpha value is -2.11. The Morgan fingerprint density at radius 1 is 1.24 bits per heavy atom. The fourth-order valence-corrected chi connectivity index (χ4v) is 2.24. The highest BCUT2D eigenvalue weighted by Gasteiger charge is 2.22. The minimum Gasteiger partial charge on any atom is -0.354 e. The lowest BCUT2D eigenvalue weighted by molar-refractivity contribution is -0.122. The van der Waals surface area contributed by atoms with Crippen LogP contribution >= 0.6 is 0 Å². The molecule has 0 bridgehead atoms. The van der Waals surface area contributed by atoms with Crippen LogP contribution in [-0.2, 0) is 4.79 Å². The van der Waals surface area contributed by atoms with E-state index in [9.17, 15) is 14.4 Å². The van der Waals surface area contributed by atoms with Gasteiger partial charge in [0, 0.05) is 17.8 Å². The van der Waals surface area contributed by atoms with Gasteiger partial charge in [0.25, 0.3) is 5.91 Å². The Balaban J connectivity index is 2.83. The second-order valence-electron chi connectivity index (χ2n) is 5.17. The van der Waals surface area contributed by atoms with Gasteiger partial charge in [0.1, 0.15) is 11.7 Å². The third-order valence-corrected chi connectivity index (χ3v) is 3.31. The zero-order valence-corrected chi connectivity index (χ0v) is 13.2. The molecule has 6 heteroatoms. The van der Waals surface area contributed by atoms with Gasteiger partial charge >= 0.3 is 0 Å². The summed E-state index contributed by atoms with van der Waals surface area (Å²) in [6.07, 6.45) is 0.837. The zero-order valence-electron chi connectivity index (χ0n) is 13.2. The molecule has 0 aliphatic heterocycles. The first-order valence-electron chi connectivity index (χ1n) is 7.08. The van der Waals surface area contributed by atoms with E-state index < -0.39 is 6.04 Å². The van der Waals surface area contributed by atoms with Crippen molar-refractivity contribution in [2.24, 2.45) is 0 Å². The van der Waals surface area contributed by atoms with Crippen molar-refractivity contribution < 1.29 is 14.4 Å². The lowest BCUT2D eigenvalue weighted by Crippen LogP contribution is -2.45. The molecule has 21 heavy (non-hydrogen) atoms. The Bertz CT molecular complexity index is 561. The molecule has 0 radical (unpaired) electrons. The van der Waals surface area contributed by atoms with Crippen LogP contribution in [0.4, 0.5) is 0 Å². The highest BCUT2D eigenvalue weighted by atomic mass is 16.2. The first-order valence-corrected chi connectivity index (χ1v) is 7.08. The molecule has 0 saturated heterocycles. The van der Waals surface area contributed by atoms with E-state index in [1.54, 1.807) is 20.8 Å². The molecule has 2 amide bonds. The number of aromatic amines is 1. The Kier molecular flexibility index (Phi) is 5.69. The molecule has 6 nitrogen and oxygen atoms in total. The SMILES string of the molecule is CCCNC(=O)[C@@H](C)NC(=O)c1[nH]c(C)c(C(C)=O)c1C. The number of ketones is 1. The first-order chi connectivity index (χ1) is 9.79. The largest absolute Gasteiger partial charge is 0.354 e. The lowest BCUT2D eigenvalue weighted by Gasteiger charge is -2.13. The molecule has 1 atom stereocenters. The summed E-state index contributed by atoms with van der Waals surface area (Å²) in [5.74, 6) is -0.700. The summed E-state index contributed by atoms with van der Waals surface area (Å²) in [6, 6.07) is -0.632. The first kappa shape index (κ1) is 16.9. The topological polar surface area (TPSA) is 91.1 Å². The number of hydrogen-bond donors (Lipinski definition) is 3. The van der Waals surface area contributed by atoms with Crippen molar-refractivity contribution in [2.45, 2.75) is 47.1 Å². The van der Waals surface area contributed by atoms with Crippen molar-refractivity contribution >= 4 is 17.6 Å². The molecule has 0 aromatic carbocycles. The maximum Gasteiger partial charge on any atom is 0.268 e. The van der Waals surface area contributed by atoms with Crippen LogP contribution in [0.3, 0.4) is 0 Å². The van der Waals surface area contributed by atoms with Crippen LogP contribution in [-0.4, -0.2) is 35.2 Å². The molecular formula is C15H23N3O3. The molecule has 1 aromatic rings. The molecular weight excluding hydrogens is 270 g/mol. The number of aryl methyl sites for hydroxylation is 1. The number of H-pyrrole nitrogens is 1. The van der Waals surface area contributed by atoms with Gasteiger partial charge in [0.15, 0.2) is 5.78 Å². The van der Waals surface area contributed by atoms with Gasteiger partial charge in [0.2, 0.25) is 5.91 Å². The van der Waals surface area contributed by atoms with E-state index in [0.29, 0.717) is 29.1 Å². The van der Waals surface area contributed by atoms with E-state index in [-0.39, 0.29) is 17.6 Å². The van der Waals surface area contributed by atoms with E-state index in [0.717, 1.165) is 6.42 Å². The smallest absolute Gasteiger partial charge is 0.268 e. The maximum absolute atomic E-state index is 12.2. The zero-order chi connectivity index (χ0) is 16.2. The highest BCUT2D eigenvalue weighted by molar-refractivity contribution is 6.03. The van der Waals surface area contributed by atoms with Crippen molar-refractivity contribution in [3.05, 3.63) is 22.5 Å². The van der Waals surface area contributed by atoms with Gasteiger partial charge in [-0.05, 0) is 39.7 Å². The molecule has 1 rings (SSSR count). The molecule has 1 aromatic heterocycles. The Labute approximate surface area is 124 Å². The van der Waals surface area contributed by atoms with Crippen LogP contribution < -0.4 is 10.6 Å². The highest BCUT2D eigenvalue weighted by Crippen LogP contribution is 2.18. The van der Waals surface area contributed by atoms with Gasteiger partial charge in [-0.15, -0.1) is 0 Å². The second kappa shape index (κ2) is 7.06. The predicted molar refractivity (Wildman–Crippen MR) is 80.5 cm³/mol. The van der Waals surface area contributed by atoms with Crippen LogP contribution in [0.5, 0.6) is 0 Å². The van der Waals surface area contributed by atoms with Crippen molar-refractivity contribution in [1.82, 2.24) is 15.6 Å². The molecule has 116 valence electrons. The van der Waals surface area contributed by atoms with Crippen molar-refractivity contribution in [3.63, 3.8) is 0 Å². The summed E-state index contributed by atoms with van der Waals surface area (Å²) in [4.78, 5) is 38.4. The van der Waals surface area contributed by atoms with Gasteiger partial charge in [-0.3, -0.25) is 14.4 Å². The number of hydrogen-bond acceptors (Lipinski definition) is 3. The maximum atomic E-state index is 12.2. The number of carbonyl (C=O) groups excluding carboxylic acids is 3. The van der Waals surface area contributed by atoms with Crippen LogP contribution in [0.1, 0.15) is 59.3 Å². The van der Waals surface area contributed by atoms with Gasteiger partial charge in [-0.25, -0.2) is 0 Å². The van der Waals surface area contributed by atoms with Crippen molar-refractivity contribution in [2.75, 3.05) is 6.54 Å². The monoisotopic (exact) mass is 293 g/mol. The third kappa shape index (κ3) is 3.93. The Morgan fingerprint density at radius 2 is 1.86 bits per heavy atom. The second-order valence-corrected chi connectivity index (χ2v) is 5.17. The van der Waals surface area contributed by atoms with Crippen molar-refractivity contribution in [3.8, 4) is 0 Å². The fraction of sp³-hybridized carbons (Fsp3) is 0.533. The summed E-state index contributed by atoms with van der Waals surface area (Å²) < 4.78 is 0. The molecule has 0 saturated carbocycles. The third-order valence-electron chi connectivity index (χ3n) is 3.31. The van der Waals surface area contributed by atoms with Gasteiger partial charge < -0.3 is 15.6 Å². The van der Waals surface area contributed by atoms with Gasteiger partial charge in [-0.1, -0.05) is 6.92 Å². The lowest BCUT2D eigenvalue weighted by atomic mass is 10.1. The summed E-state index contributed by atoms with van der Waals surface area (Å²) in [6.45, 7) is 9.09. The van der Waals surface area contributed by atoms with E-state index >= 15 is 0 Å². The predicted octanol–water partition coefficient (Wildman–Crippen LogP) is 1.48. The van der Waals surface area contributed by atoms with E-state index in [4.69, 9.17) is 0 Å². The average Bonchev–Trinajstić information content (AvgIpc) is 2.71.